The smallest absolute Gasteiger partial charge is 0.263 e. The van der Waals surface area contributed by atoms with Crippen LogP contribution in [-0.4, -0.2) is 39.4 Å². The summed E-state index contributed by atoms with van der Waals surface area (Å²) < 4.78 is 27.8. The molecule has 1 aliphatic rings. The molecule has 5 nitrogen and oxygen atoms in total. The predicted molar refractivity (Wildman–Crippen MR) is 105 cm³/mol. The Morgan fingerprint density at radius 2 is 1.89 bits per heavy atom. The zero-order valence-corrected chi connectivity index (χ0v) is 16.3. The highest BCUT2D eigenvalue weighted by Gasteiger charge is 2.35. The highest BCUT2D eigenvalue weighted by atomic mass is 35.5. The average molecular weight is 424 g/mol. The summed E-state index contributed by atoms with van der Waals surface area (Å²) in [5.74, 6) is -3.08. The summed E-state index contributed by atoms with van der Waals surface area (Å²) in [5, 5.41) is 2.82. The minimum atomic E-state index is -2.72. The third kappa shape index (κ3) is 3.66. The first-order chi connectivity index (χ1) is 13.3. The van der Waals surface area contributed by atoms with Crippen LogP contribution in [0.1, 0.15) is 12.8 Å². The Balaban J connectivity index is 1.63. The van der Waals surface area contributed by atoms with Gasteiger partial charge in [-0.3, -0.25) is 14.2 Å². The van der Waals surface area contributed by atoms with E-state index in [-0.39, 0.29) is 43.9 Å². The zero-order valence-electron chi connectivity index (χ0n) is 14.7. The number of piperidine rings is 1. The molecule has 0 atom stereocenters. The lowest BCUT2D eigenvalue weighted by Crippen LogP contribution is -2.44. The molecule has 0 unspecified atom stereocenters. The molecule has 0 aliphatic carbocycles. The molecule has 0 saturated carbocycles. The lowest BCUT2D eigenvalue weighted by molar-refractivity contribution is -0.137. The van der Waals surface area contributed by atoms with Gasteiger partial charge in [0.1, 0.15) is 6.54 Å². The van der Waals surface area contributed by atoms with Gasteiger partial charge in [-0.05, 0) is 17.7 Å². The van der Waals surface area contributed by atoms with E-state index in [0.717, 1.165) is 10.4 Å². The van der Waals surface area contributed by atoms with Crippen molar-refractivity contribution in [1.82, 2.24) is 14.5 Å². The molecule has 0 radical (unpaired) electrons. The van der Waals surface area contributed by atoms with Crippen LogP contribution in [0, 0.1) is 0 Å². The van der Waals surface area contributed by atoms with Crippen LogP contribution in [0.15, 0.2) is 40.8 Å². The molecular formula is C19H16ClF2N3O2S. The largest absolute Gasteiger partial charge is 0.341 e. The van der Waals surface area contributed by atoms with Crippen LogP contribution in [0.2, 0.25) is 5.02 Å². The van der Waals surface area contributed by atoms with Gasteiger partial charge in [0.05, 0.1) is 17.2 Å². The Morgan fingerprint density at radius 1 is 1.21 bits per heavy atom. The normalized spacial score (nSPS) is 16.5. The van der Waals surface area contributed by atoms with Crippen molar-refractivity contribution in [2.75, 3.05) is 13.1 Å². The monoisotopic (exact) mass is 423 g/mol. The highest BCUT2D eigenvalue weighted by molar-refractivity contribution is 7.15. The van der Waals surface area contributed by atoms with Gasteiger partial charge in [-0.2, -0.15) is 0 Å². The van der Waals surface area contributed by atoms with Gasteiger partial charge in [-0.15, -0.1) is 11.3 Å². The van der Waals surface area contributed by atoms with Crippen LogP contribution < -0.4 is 5.56 Å². The van der Waals surface area contributed by atoms with Gasteiger partial charge < -0.3 is 4.90 Å². The molecule has 2 aromatic heterocycles. The van der Waals surface area contributed by atoms with Crippen LogP contribution in [0.25, 0.3) is 21.3 Å². The van der Waals surface area contributed by atoms with Gasteiger partial charge in [0.25, 0.3) is 11.5 Å². The number of carbonyl (C=O) groups is 1. The molecule has 1 aliphatic heterocycles. The van der Waals surface area contributed by atoms with E-state index in [4.69, 9.17) is 11.6 Å². The van der Waals surface area contributed by atoms with E-state index in [2.05, 4.69) is 4.98 Å². The molecule has 0 bridgehead atoms. The summed E-state index contributed by atoms with van der Waals surface area (Å²) >= 11 is 7.33. The number of hydrogen-bond acceptors (Lipinski definition) is 4. The quantitative estimate of drug-likeness (QED) is 0.639. The van der Waals surface area contributed by atoms with Crippen molar-refractivity contribution in [1.29, 1.82) is 0 Å². The Labute approximate surface area is 168 Å². The summed E-state index contributed by atoms with van der Waals surface area (Å²) in [5.41, 5.74) is 1.07. The fourth-order valence-corrected chi connectivity index (χ4v) is 4.35. The van der Waals surface area contributed by atoms with E-state index in [1.54, 1.807) is 17.5 Å². The van der Waals surface area contributed by atoms with Crippen molar-refractivity contribution in [3.05, 3.63) is 51.3 Å². The van der Waals surface area contributed by atoms with E-state index in [1.165, 1.54) is 27.1 Å². The maximum atomic E-state index is 13.3. The fourth-order valence-electron chi connectivity index (χ4n) is 3.23. The molecule has 0 spiro atoms. The van der Waals surface area contributed by atoms with Gasteiger partial charge in [0.15, 0.2) is 0 Å². The van der Waals surface area contributed by atoms with E-state index >= 15 is 0 Å². The van der Waals surface area contributed by atoms with Crippen LogP contribution in [-0.2, 0) is 11.3 Å². The van der Waals surface area contributed by atoms with Crippen molar-refractivity contribution in [2.45, 2.75) is 25.3 Å². The van der Waals surface area contributed by atoms with Crippen molar-refractivity contribution in [2.24, 2.45) is 0 Å². The fraction of sp³-hybridized carbons (Fsp3) is 0.316. The molecule has 3 aromatic rings. The second-order valence-corrected chi connectivity index (χ2v) is 8.06. The van der Waals surface area contributed by atoms with Gasteiger partial charge >= 0.3 is 0 Å². The molecule has 9 heteroatoms. The Kier molecular flexibility index (Phi) is 4.93. The Morgan fingerprint density at radius 3 is 2.57 bits per heavy atom. The summed E-state index contributed by atoms with van der Waals surface area (Å²) in [6, 6.07) is 7.13. The SMILES string of the molecule is O=C(Cn1cnc2csc(-c3ccc(Cl)cc3)c2c1=O)N1CCC(F)(F)CC1. The van der Waals surface area contributed by atoms with Crippen molar-refractivity contribution >= 4 is 39.7 Å². The first-order valence-corrected chi connectivity index (χ1v) is 9.98. The minimum Gasteiger partial charge on any atom is -0.341 e. The van der Waals surface area contributed by atoms with Crippen LogP contribution in [0.5, 0.6) is 0 Å². The van der Waals surface area contributed by atoms with Crippen LogP contribution >= 0.6 is 22.9 Å². The molecule has 1 fully saturated rings. The number of likely N-dealkylation sites (tertiary alicyclic amines) is 1. The Hall–Kier alpha value is -2.32. The third-order valence-electron chi connectivity index (χ3n) is 4.84. The minimum absolute atomic E-state index is 0.00919. The molecule has 1 amide bonds. The van der Waals surface area contributed by atoms with Crippen molar-refractivity contribution in [3.8, 4) is 10.4 Å². The van der Waals surface area contributed by atoms with Gasteiger partial charge in [0, 0.05) is 41.2 Å². The molecule has 1 saturated heterocycles. The number of amides is 1. The standard InChI is InChI=1S/C19H16ClF2N3O2S/c20-13-3-1-12(2-4-13)17-16-14(10-28-17)23-11-25(18(16)27)9-15(26)24-7-5-19(21,22)6-8-24/h1-4,10-11H,5-9H2. The summed E-state index contributed by atoms with van der Waals surface area (Å²) in [6.07, 6.45) is 0.631. The number of halogens is 3. The number of rotatable bonds is 3. The maximum absolute atomic E-state index is 13.3. The second-order valence-electron chi connectivity index (χ2n) is 6.75. The number of alkyl halides is 2. The third-order valence-corrected chi connectivity index (χ3v) is 6.11. The van der Waals surface area contributed by atoms with Gasteiger partial charge in [0.2, 0.25) is 5.91 Å². The maximum Gasteiger partial charge on any atom is 0.263 e. The lowest BCUT2D eigenvalue weighted by atomic mass is 10.1. The molecule has 4 rings (SSSR count). The Bertz CT molecular complexity index is 1080. The number of thiophene rings is 1. The number of fused-ring (bicyclic) bond motifs is 1. The van der Waals surface area contributed by atoms with E-state index in [0.29, 0.717) is 15.9 Å². The van der Waals surface area contributed by atoms with E-state index in [9.17, 15) is 18.4 Å². The molecule has 146 valence electrons. The summed E-state index contributed by atoms with van der Waals surface area (Å²) in [6.45, 7) is -0.237. The molecule has 28 heavy (non-hydrogen) atoms. The number of nitrogens with zero attached hydrogens (tertiary/aromatic N) is 3. The highest BCUT2D eigenvalue weighted by Crippen LogP contribution is 2.32. The number of hydrogen-bond donors (Lipinski definition) is 0. The number of benzene rings is 1. The van der Waals surface area contributed by atoms with Gasteiger partial charge in [-0.25, -0.2) is 13.8 Å². The van der Waals surface area contributed by atoms with Crippen LogP contribution in [0.4, 0.5) is 8.78 Å². The summed E-state index contributed by atoms with van der Waals surface area (Å²) in [4.78, 5) is 31.9. The molecule has 0 N–H and O–H groups in total. The van der Waals surface area contributed by atoms with Gasteiger partial charge in [-0.1, -0.05) is 23.7 Å². The first kappa shape index (κ1) is 19.0. The molecule has 1 aromatic carbocycles. The van der Waals surface area contributed by atoms with Crippen molar-refractivity contribution in [3.63, 3.8) is 0 Å². The molecular weight excluding hydrogens is 408 g/mol. The number of aromatic nitrogens is 2. The van der Waals surface area contributed by atoms with Crippen molar-refractivity contribution < 1.29 is 13.6 Å². The average Bonchev–Trinajstić information content (AvgIpc) is 3.09. The number of carbonyl (C=O) groups excluding carboxylic acids is 1. The molecule has 3 heterocycles. The second kappa shape index (κ2) is 7.25. The predicted octanol–water partition coefficient (Wildman–Crippen LogP) is 4.04. The lowest BCUT2D eigenvalue weighted by Gasteiger charge is -2.31. The van der Waals surface area contributed by atoms with E-state index in [1.807, 2.05) is 12.1 Å². The van der Waals surface area contributed by atoms with E-state index < -0.39 is 5.92 Å². The topological polar surface area (TPSA) is 55.2 Å². The zero-order chi connectivity index (χ0) is 19.9. The first-order valence-electron chi connectivity index (χ1n) is 8.72. The summed E-state index contributed by atoms with van der Waals surface area (Å²) in [7, 11) is 0. The van der Waals surface area contributed by atoms with Crippen LogP contribution in [0.3, 0.4) is 0 Å².